The predicted octanol–water partition coefficient (Wildman–Crippen LogP) is 3.36. The molecule has 6 rings (SSSR count). The van der Waals surface area contributed by atoms with Crippen LogP contribution < -0.4 is 5.48 Å². The van der Waals surface area contributed by atoms with E-state index < -0.39 is 0 Å². The monoisotopic (exact) mass is 377 g/mol. The molecular weight excluding hydrogens is 361 g/mol. The second-order valence-electron chi connectivity index (χ2n) is 7.05. The first-order valence-corrected chi connectivity index (χ1v) is 9.23. The number of hydrogen-bond acceptors (Lipinski definition) is 5. The number of hydroxylamine groups is 1. The molecule has 130 valence electrons. The predicted molar refractivity (Wildman–Crippen MR) is 97.4 cm³/mol. The minimum atomic E-state index is -0.150. The summed E-state index contributed by atoms with van der Waals surface area (Å²) in [4.78, 5) is 21.8. The minimum absolute atomic E-state index is 0.150. The van der Waals surface area contributed by atoms with E-state index in [0.717, 1.165) is 29.7 Å². The van der Waals surface area contributed by atoms with Crippen LogP contribution in [-0.2, 0) is 4.84 Å². The molecule has 4 fully saturated rings. The Hall–Kier alpha value is -1.47. The molecule has 1 N–H and O–H groups in total. The third-order valence-corrected chi connectivity index (χ3v) is 6.23. The first-order chi connectivity index (χ1) is 12.1. The summed E-state index contributed by atoms with van der Waals surface area (Å²) >= 11 is 12.1. The van der Waals surface area contributed by atoms with Crippen LogP contribution in [0.4, 0.5) is 5.95 Å². The summed E-state index contributed by atoms with van der Waals surface area (Å²) < 4.78 is 0. The van der Waals surface area contributed by atoms with Gasteiger partial charge in [-0.05, 0) is 44.0 Å². The van der Waals surface area contributed by atoms with Gasteiger partial charge in [0.2, 0.25) is 0 Å². The largest absolute Gasteiger partial charge is 0.300 e. The number of nitrogens with one attached hydrogen (secondary N) is 1. The quantitative estimate of drug-likeness (QED) is 0.825. The summed E-state index contributed by atoms with van der Waals surface area (Å²) in [6, 6.07) is 3.49. The van der Waals surface area contributed by atoms with Crippen molar-refractivity contribution in [3.05, 3.63) is 28.4 Å². The number of halogens is 2. The molecule has 0 amide bonds. The number of aromatic nitrogens is 2. The second-order valence-corrected chi connectivity index (χ2v) is 7.86. The van der Waals surface area contributed by atoms with Crippen molar-refractivity contribution in [1.29, 1.82) is 0 Å². The molecule has 6 nitrogen and oxygen atoms in total. The maximum atomic E-state index is 6.08. The Kier molecular flexibility index (Phi) is 3.64. The van der Waals surface area contributed by atoms with Crippen molar-refractivity contribution in [2.24, 2.45) is 10.9 Å². The Morgan fingerprint density at radius 1 is 1.24 bits per heavy atom. The van der Waals surface area contributed by atoms with Gasteiger partial charge in [-0.1, -0.05) is 23.2 Å². The lowest BCUT2D eigenvalue weighted by Crippen LogP contribution is -2.59. The van der Waals surface area contributed by atoms with Gasteiger partial charge in [-0.15, -0.1) is 0 Å². The van der Waals surface area contributed by atoms with Crippen molar-refractivity contribution < 1.29 is 4.84 Å². The summed E-state index contributed by atoms with van der Waals surface area (Å²) in [5.41, 5.74) is 3.59. The van der Waals surface area contributed by atoms with E-state index in [0.29, 0.717) is 21.9 Å². The molecule has 0 saturated carbocycles. The van der Waals surface area contributed by atoms with Crippen molar-refractivity contribution in [1.82, 2.24) is 20.3 Å². The minimum Gasteiger partial charge on any atom is -0.300 e. The first-order valence-electron chi connectivity index (χ1n) is 8.47. The van der Waals surface area contributed by atoms with Crippen LogP contribution in [0, 0.1) is 5.92 Å². The molecule has 1 aromatic heterocycles. The van der Waals surface area contributed by atoms with E-state index in [9.17, 15) is 0 Å². The molecule has 1 aromatic carbocycles. The molecule has 4 aliphatic heterocycles. The number of amidine groups is 1. The van der Waals surface area contributed by atoms with Gasteiger partial charge in [0.25, 0.3) is 5.95 Å². The van der Waals surface area contributed by atoms with E-state index in [1.54, 1.807) is 18.3 Å². The van der Waals surface area contributed by atoms with Gasteiger partial charge in [0, 0.05) is 24.5 Å². The zero-order chi connectivity index (χ0) is 17.0. The van der Waals surface area contributed by atoms with Gasteiger partial charge < -0.3 is 4.90 Å². The third-order valence-electron chi connectivity index (χ3n) is 5.51. The fraction of sp³-hybridized carbons (Fsp3) is 0.471. The van der Waals surface area contributed by atoms with Gasteiger partial charge in [-0.25, -0.2) is 9.97 Å². The zero-order valence-electron chi connectivity index (χ0n) is 13.5. The smallest absolute Gasteiger partial charge is 0.251 e. The molecular formula is C17H17Cl2N5O. The highest BCUT2D eigenvalue weighted by Crippen LogP contribution is 2.42. The van der Waals surface area contributed by atoms with Crippen LogP contribution in [0.5, 0.6) is 0 Å². The molecule has 5 heterocycles. The lowest BCUT2D eigenvalue weighted by Gasteiger charge is -2.49. The number of benzene rings is 1. The van der Waals surface area contributed by atoms with Crippen molar-refractivity contribution >= 4 is 45.9 Å². The van der Waals surface area contributed by atoms with Gasteiger partial charge >= 0.3 is 0 Å². The fourth-order valence-corrected chi connectivity index (χ4v) is 4.54. The van der Waals surface area contributed by atoms with Crippen LogP contribution in [0.15, 0.2) is 23.3 Å². The van der Waals surface area contributed by atoms with Gasteiger partial charge in [-0.3, -0.25) is 10.3 Å². The first kappa shape index (κ1) is 15.8. The number of rotatable bonds is 1. The summed E-state index contributed by atoms with van der Waals surface area (Å²) in [6.07, 6.45) is 4.88. The SMILES string of the molecule is Clc1cc2cnc(/N=C3/CC4(CN5CCC4CC5)ON3)nc2cc1Cl. The molecule has 25 heavy (non-hydrogen) atoms. The van der Waals surface area contributed by atoms with Gasteiger partial charge in [-0.2, -0.15) is 4.99 Å². The lowest BCUT2D eigenvalue weighted by atomic mass is 9.74. The van der Waals surface area contributed by atoms with Crippen LogP contribution in [0.3, 0.4) is 0 Å². The van der Waals surface area contributed by atoms with E-state index in [1.807, 2.05) is 0 Å². The van der Waals surface area contributed by atoms with Crippen molar-refractivity contribution in [3.63, 3.8) is 0 Å². The average molecular weight is 378 g/mol. The van der Waals surface area contributed by atoms with E-state index in [4.69, 9.17) is 28.0 Å². The summed E-state index contributed by atoms with van der Waals surface area (Å²) in [5, 5.41) is 1.80. The standard InChI is InChI=1S/C17H17Cl2N5O/c18-12-5-10-8-20-16(21-14(10)6-13(12)19)22-15-7-17(25-23-15)9-24-3-1-11(17)2-4-24/h5-6,8,11H,1-4,7,9H2,(H,20,21,22,23). The summed E-state index contributed by atoms with van der Waals surface area (Å²) in [5.74, 6) is 1.78. The molecule has 4 saturated heterocycles. The Labute approximate surface area is 155 Å². The van der Waals surface area contributed by atoms with E-state index in [-0.39, 0.29) is 5.60 Å². The Morgan fingerprint density at radius 3 is 2.80 bits per heavy atom. The fourth-order valence-electron chi connectivity index (χ4n) is 4.21. The Morgan fingerprint density at radius 2 is 2.04 bits per heavy atom. The topological polar surface area (TPSA) is 62.6 Å². The third kappa shape index (κ3) is 2.68. The molecule has 1 unspecified atom stereocenters. The highest BCUT2D eigenvalue weighted by molar-refractivity contribution is 6.42. The van der Waals surface area contributed by atoms with Crippen LogP contribution >= 0.6 is 23.2 Å². The van der Waals surface area contributed by atoms with Crippen LogP contribution in [0.1, 0.15) is 19.3 Å². The van der Waals surface area contributed by atoms with Crippen LogP contribution in [0.2, 0.25) is 10.0 Å². The molecule has 0 aliphatic carbocycles. The van der Waals surface area contributed by atoms with E-state index >= 15 is 0 Å². The Balaban J connectivity index is 1.43. The highest BCUT2D eigenvalue weighted by Gasteiger charge is 2.52. The molecule has 8 heteroatoms. The molecule has 2 aromatic rings. The van der Waals surface area contributed by atoms with Crippen molar-refractivity contribution in [3.8, 4) is 0 Å². The number of fused-ring (bicyclic) bond motifs is 3. The van der Waals surface area contributed by atoms with Gasteiger partial charge in [0.15, 0.2) is 0 Å². The summed E-state index contributed by atoms with van der Waals surface area (Å²) in [7, 11) is 0. The molecule has 1 spiro atoms. The Bertz CT molecular complexity index is 881. The summed E-state index contributed by atoms with van der Waals surface area (Å²) in [6.45, 7) is 3.33. The molecule has 4 aliphatic rings. The van der Waals surface area contributed by atoms with E-state index in [2.05, 4.69) is 25.3 Å². The molecule has 2 bridgehead atoms. The normalized spacial score (nSPS) is 32.6. The number of piperidine rings is 3. The van der Waals surface area contributed by atoms with Crippen LogP contribution in [-0.4, -0.2) is 45.9 Å². The molecule has 1 atom stereocenters. The number of hydrogen-bond donors (Lipinski definition) is 1. The lowest BCUT2D eigenvalue weighted by molar-refractivity contribution is -0.150. The zero-order valence-corrected chi connectivity index (χ0v) is 15.0. The van der Waals surface area contributed by atoms with Crippen molar-refractivity contribution in [2.75, 3.05) is 19.6 Å². The second kappa shape index (κ2) is 5.77. The van der Waals surface area contributed by atoms with Crippen LogP contribution in [0.25, 0.3) is 10.9 Å². The van der Waals surface area contributed by atoms with Crippen molar-refractivity contribution in [2.45, 2.75) is 24.9 Å². The molecule has 0 radical (unpaired) electrons. The van der Waals surface area contributed by atoms with Gasteiger partial charge in [0.1, 0.15) is 11.4 Å². The highest BCUT2D eigenvalue weighted by atomic mass is 35.5. The van der Waals surface area contributed by atoms with E-state index in [1.165, 1.54) is 25.9 Å². The maximum absolute atomic E-state index is 6.08. The number of aliphatic imine (C=N–C) groups is 1. The van der Waals surface area contributed by atoms with Gasteiger partial charge in [0.05, 0.1) is 15.6 Å². The average Bonchev–Trinajstić information content (AvgIpc) is 2.99. The maximum Gasteiger partial charge on any atom is 0.251 e. The number of nitrogens with zero attached hydrogens (tertiary/aromatic N) is 4.